The molecule has 0 aliphatic rings. The van der Waals surface area contributed by atoms with E-state index in [0.29, 0.717) is 5.75 Å². The van der Waals surface area contributed by atoms with Gasteiger partial charge >= 0.3 is 0 Å². The summed E-state index contributed by atoms with van der Waals surface area (Å²) in [6, 6.07) is 21.7. The molecule has 0 aliphatic carbocycles. The van der Waals surface area contributed by atoms with Gasteiger partial charge in [0.05, 0.1) is 23.6 Å². The molecule has 3 aromatic carbocycles. The number of benzene rings is 3. The lowest BCUT2D eigenvalue weighted by molar-refractivity contribution is 0.222. The number of methoxy groups -OCH3 is 1. The monoisotopic (exact) mass is 481 g/mol. The largest absolute Gasteiger partial charge is 0.497 e. The van der Waals surface area contributed by atoms with Crippen LogP contribution in [0.15, 0.2) is 66.7 Å². The maximum absolute atomic E-state index is 10.9. The molecule has 1 heterocycles. The first-order valence-corrected chi connectivity index (χ1v) is 12.8. The van der Waals surface area contributed by atoms with Crippen LogP contribution in [0.1, 0.15) is 11.1 Å². The third kappa shape index (κ3) is 6.41. The predicted octanol–water partition coefficient (Wildman–Crippen LogP) is 5.50. The highest BCUT2D eigenvalue weighted by Crippen LogP contribution is 2.32. The molecule has 1 aromatic heterocycles. The highest BCUT2D eigenvalue weighted by atomic mass is 32.2. The van der Waals surface area contributed by atoms with Gasteiger partial charge in [0.1, 0.15) is 29.7 Å². The average molecular weight is 482 g/mol. The van der Waals surface area contributed by atoms with Crippen LogP contribution in [0.5, 0.6) is 11.5 Å². The summed E-state index contributed by atoms with van der Waals surface area (Å²) in [6.45, 7) is 0.151. The molecule has 0 fully saturated rings. The standard InChI is InChI=1S/C25H23NO5S2/c1-29-22-13-14-23-24(17-22)32-25(26-23)20-9-5-18(6-10-20)3-4-19-7-11-21(12-8-19)30-15-16-31-33(2,27)28/h3-14,17H,15-16H2,1-2H3. The van der Waals surface area contributed by atoms with Crippen molar-refractivity contribution in [1.82, 2.24) is 4.98 Å². The molecule has 0 unspecified atom stereocenters. The number of nitrogens with zero attached hydrogens (tertiary/aromatic N) is 1. The van der Waals surface area contributed by atoms with E-state index in [1.807, 2.05) is 54.6 Å². The first-order chi connectivity index (χ1) is 15.9. The number of aromatic nitrogens is 1. The van der Waals surface area contributed by atoms with Gasteiger partial charge in [0.25, 0.3) is 10.1 Å². The molecule has 0 N–H and O–H groups in total. The van der Waals surface area contributed by atoms with Crippen LogP contribution in [0.3, 0.4) is 0 Å². The zero-order valence-corrected chi connectivity index (χ0v) is 19.9. The van der Waals surface area contributed by atoms with Crippen LogP contribution in [0, 0.1) is 0 Å². The number of ether oxygens (including phenoxy) is 2. The van der Waals surface area contributed by atoms with Crippen LogP contribution in [0.25, 0.3) is 32.9 Å². The Morgan fingerprint density at radius 2 is 1.52 bits per heavy atom. The minimum Gasteiger partial charge on any atom is -0.497 e. The molecule has 0 radical (unpaired) electrons. The minimum atomic E-state index is -3.44. The van der Waals surface area contributed by atoms with E-state index in [9.17, 15) is 8.42 Å². The van der Waals surface area contributed by atoms with Crippen molar-refractivity contribution < 1.29 is 22.1 Å². The van der Waals surface area contributed by atoms with Crippen LogP contribution in [-0.4, -0.2) is 40.0 Å². The molecular formula is C25H23NO5S2. The molecule has 170 valence electrons. The summed E-state index contributed by atoms with van der Waals surface area (Å²) in [5.74, 6) is 1.49. The SMILES string of the molecule is COc1ccc2nc(-c3ccc(C=Cc4ccc(OCCOS(C)(=O)=O)cc4)cc3)sc2c1. The Balaban J connectivity index is 1.36. The molecule has 0 aliphatic heterocycles. The highest BCUT2D eigenvalue weighted by molar-refractivity contribution is 7.85. The average Bonchev–Trinajstić information content (AvgIpc) is 3.24. The first kappa shape index (κ1) is 23.0. The lowest BCUT2D eigenvalue weighted by atomic mass is 10.1. The summed E-state index contributed by atoms with van der Waals surface area (Å²) in [5, 5.41) is 0.978. The Morgan fingerprint density at radius 1 is 0.879 bits per heavy atom. The number of rotatable bonds is 9. The Morgan fingerprint density at radius 3 is 2.15 bits per heavy atom. The van der Waals surface area contributed by atoms with Gasteiger partial charge in [0, 0.05) is 5.56 Å². The van der Waals surface area contributed by atoms with Crippen LogP contribution in [0.2, 0.25) is 0 Å². The van der Waals surface area contributed by atoms with Gasteiger partial charge in [-0.2, -0.15) is 8.42 Å². The lowest BCUT2D eigenvalue weighted by Gasteiger charge is -2.06. The van der Waals surface area contributed by atoms with E-state index >= 15 is 0 Å². The molecule has 33 heavy (non-hydrogen) atoms. The Kier molecular flexibility index (Phi) is 7.08. The van der Waals surface area contributed by atoms with E-state index in [-0.39, 0.29) is 13.2 Å². The Hall–Kier alpha value is -3.20. The number of hydrogen-bond donors (Lipinski definition) is 0. The fraction of sp³-hybridized carbons (Fsp3) is 0.160. The summed E-state index contributed by atoms with van der Waals surface area (Å²) >= 11 is 1.65. The van der Waals surface area contributed by atoms with E-state index in [1.165, 1.54) is 0 Å². The fourth-order valence-electron chi connectivity index (χ4n) is 3.10. The molecule has 0 spiro atoms. The number of fused-ring (bicyclic) bond motifs is 1. The van der Waals surface area contributed by atoms with Gasteiger partial charge in [0.2, 0.25) is 0 Å². The summed E-state index contributed by atoms with van der Waals surface area (Å²) in [5.41, 5.74) is 4.16. The minimum absolute atomic E-state index is 0.0122. The lowest BCUT2D eigenvalue weighted by Crippen LogP contribution is -2.11. The van der Waals surface area contributed by atoms with Gasteiger partial charge in [-0.05, 0) is 41.5 Å². The van der Waals surface area contributed by atoms with Gasteiger partial charge in [-0.25, -0.2) is 4.98 Å². The van der Waals surface area contributed by atoms with Crippen molar-refractivity contribution in [3.05, 3.63) is 77.9 Å². The van der Waals surface area contributed by atoms with Crippen molar-refractivity contribution in [3.8, 4) is 22.1 Å². The van der Waals surface area contributed by atoms with Gasteiger partial charge in [-0.3, -0.25) is 4.18 Å². The topological polar surface area (TPSA) is 74.7 Å². The second kappa shape index (κ2) is 10.2. The summed E-state index contributed by atoms with van der Waals surface area (Å²) in [7, 11) is -1.78. The molecule has 0 atom stereocenters. The second-order valence-electron chi connectivity index (χ2n) is 7.25. The molecule has 0 bridgehead atoms. The molecule has 0 amide bonds. The van der Waals surface area contributed by atoms with Gasteiger partial charge in [-0.1, -0.05) is 48.6 Å². The van der Waals surface area contributed by atoms with Crippen molar-refractivity contribution in [2.75, 3.05) is 26.6 Å². The van der Waals surface area contributed by atoms with Gasteiger partial charge in [-0.15, -0.1) is 11.3 Å². The van der Waals surface area contributed by atoms with E-state index in [4.69, 9.17) is 14.5 Å². The normalized spacial score (nSPS) is 11.8. The molecule has 4 aromatic rings. The van der Waals surface area contributed by atoms with Crippen LogP contribution < -0.4 is 9.47 Å². The van der Waals surface area contributed by atoms with Crippen LogP contribution >= 0.6 is 11.3 Å². The van der Waals surface area contributed by atoms with Gasteiger partial charge < -0.3 is 9.47 Å². The molecule has 4 rings (SSSR count). The van der Waals surface area contributed by atoms with Crippen molar-refractivity contribution in [3.63, 3.8) is 0 Å². The van der Waals surface area contributed by atoms with Crippen LogP contribution in [0.4, 0.5) is 0 Å². The second-order valence-corrected chi connectivity index (χ2v) is 9.93. The molecule has 0 saturated carbocycles. The third-order valence-corrected chi connectivity index (χ3v) is 6.41. The maximum Gasteiger partial charge on any atom is 0.264 e. The quantitative estimate of drug-likeness (QED) is 0.179. The Labute approximate surface area is 197 Å². The van der Waals surface area contributed by atoms with E-state index < -0.39 is 10.1 Å². The van der Waals surface area contributed by atoms with Crippen molar-refractivity contribution >= 4 is 43.8 Å². The van der Waals surface area contributed by atoms with E-state index in [1.54, 1.807) is 18.4 Å². The van der Waals surface area contributed by atoms with Crippen molar-refractivity contribution in [2.24, 2.45) is 0 Å². The Bertz CT molecular complexity index is 1360. The predicted molar refractivity (Wildman–Crippen MR) is 133 cm³/mol. The highest BCUT2D eigenvalue weighted by Gasteiger charge is 2.07. The summed E-state index contributed by atoms with van der Waals surface area (Å²) in [6.07, 6.45) is 5.08. The molecule has 0 saturated heterocycles. The summed E-state index contributed by atoms with van der Waals surface area (Å²) < 4.78 is 38.4. The summed E-state index contributed by atoms with van der Waals surface area (Å²) in [4.78, 5) is 4.72. The fourth-order valence-corrected chi connectivity index (χ4v) is 4.48. The number of thiazole rings is 1. The van der Waals surface area contributed by atoms with Crippen LogP contribution in [-0.2, 0) is 14.3 Å². The smallest absolute Gasteiger partial charge is 0.264 e. The van der Waals surface area contributed by atoms with Crippen molar-refractivity contribution in [2.45, 2.75) is 0 Å². The molecule has 8 heteroatoms. The zero-order valence-electron chi connectivity index (χ0n) is 18.2. The maximum atomic E-state index is 10.9. The third-order valence-electron chi connectivity index (χ3n) is 4.75. The molecular weight excluding hydrogens is 458 g/mol. The first-order valence-electron chi connectivity index (χ1n) is 10.2. The van der Waals surface area contributed by atoms with Gasteiger partial charge in [0.15, 0.2) is 0 Å². The number of hydrogen-bond acceptors (Lipinski definition) is 7. The zero-order chi connectivity index (χ0) is 23.3. The van der Waals surface area contributed by atoms with E-state index in [0.717, 1.165) is 43.9 Å². The van der Waals surface area contributed by atoms with E-state index in [2.05, 4.69) is 28.4 Å². The molecule has 6 nitrogen and oxygen atoms in total. The van der Waals surface area contributed by atoms with Crippen molar-refractivity contribution in [1.29, 1.82) is 0 Å².